The van der Waals surface area contributed by atoms with E-state index >= 15 is 0 Å². The Morgan fingerprint density at radius 3 is 3.21 bits per heavy atom. The average Bonchev–Trinajstić information content (AvgIpc) is 2.67. The summed E-state index contributed by atoms with van der Waals surface area (Å²) in [7, 11) is 0. The minimum Gasteiger partial charge on any atom is -0.289 e. The van der Waals surface area contributed by atoms with Crippen LogP contribution in [0.4, 0.5) is 0 Å². The van der Waals surface area contributed by atoms with Gasteiger partial charge < -0.3 is 0 Å². The summed E-state index contributed by atoms with van der Waals surface area (Å²) in [5.41, 5.74) is 2.80. The molecule has 1 aliphatic heterocycles. The molecule has 0 aromatic carbocycles. The van der Waals surface area contributed by atoms with Gasteiger partial charge in [-0.3, -0.25) is 4.99 Å². The number of hydrogen-bond acceptors (Lipinski definition) is 2. The minimum absolute atomic E-state index is 1.01. The number of hydrogen-bond donors (Lipinski definition) is 0. The molecule has 0 atom stereocenters. The zero-order chi connectivity index (χ0) is 9.80. The Morgan fingerprint density at radius 2 is 2.36 bits per heavy atom. The van der Waals surface area contributed by atoms with E-state index in [1.54, 1.807) is 4.88 Å². The van der Waals surface area contributed by atoms with E-state index in [1.807, 2.05) is 11.3 Å². The maximum absolute atomic E-state index is 4.64. The molecule has 1 aliphatic rings. The van der Waals surface area contributed by atoms with Gasteiger partial charge in [-0.1, -0.05) is 19.8 Å². The van der Waals surface area contributed by atoms with Gasteiger partial charge in [0.1, 0.15) is 0 Å². The molecule has 0 aliphatic carbocycles. The fourth-order valence-electron chi connectivity index (χ4n) is 1.93. The molecule has 1 aromatic rings. The molecular weight excluding hydrogens is 190 g/mol. The Bertz CT molecular complexity index is 325. The predicted octanol–water partition coefficient (Wildman–Crippen LogP) is 3.67. The Kier molecular flexibility index (Phi) is 3.35. The molecule has 2 heteroatoms. The summed E-state index contributed by atoms with van der Waals surface area (Å²) in [4.78, 5) is 6.19. The molecule has 1 nitrogen and oxygen atoms in total. The Balaban J connectivity index is 2.02. The molecule has 2 heterocycles. The largest absolute Gasteiger partial charge is 0.289 e. The van der Waals surface area contributed by atoms with Crippen LogP contribution in [0.3, 0.4) is 0 Å². The molecule has 0 radical (unpaired) electrons. The summed E-state index contributed by atoms with van der Waals surface area (Å²) in [6.07, 6.45) is 6.26. The van der Waals surface area contributed by atoms with Crippen molar-refractivity contribution in [2.24, 2.45) is 4.99 Å². The maximum Gasteiger partial charge on any atom is 0.0441 e. The summed E-state index contributed by atoms with van der Waals surface area (Å²) in [6.45, 7) is 3.26. The first-order valence-electron chi connectivity index (χ1n) is 5.52. The van der Waals surface area contributed by atoms with Crippen LogP contribution < -0.4 is 0 Å². The SMILES string of the molecule is CCCCCC1=NCCc2sccc21. The molecule has 76 valence electrons. The standard InChI is InChI=1S/C12H17NS/c1-2-3-4-5-11-10-7-9-14-12(10)6-8-13-11/h7,9H,2-6,8H2,1H3. The van der Waals surface area contributed by atoms with Gasteiger partial charge in [-0.25, -0.2) is 0 Å². The van der Waals surface area contributed by atoms with Crippen LogP contribution in [0, 0.1) is 0 Å². The Morgan fingerprint density at radius 1 is 1.43 bits per heavy atom. The molecule has 14 heavy (non-hydrogen) atoms. The van der Waals surface area contributed by atoms with Crippen LogP contribution in [-0.4, -0.2) is 12.3 Å². The number of fused-ring (bicyclic) bond motifs is 1. The van der Waals surface area contributed by atoms with E-state index in [9.17, 15) is 0 Å². The van der Waals surface area contributed by atoms with Crippen molar-refractivity contribution in [3.8, 4) is 0 Å². The lowest BCUT2D eigenvalue weighted by atomic mass is 10.0. The molecule has 0 amide bonds. The summed E-state index contributed by atoms with van der Waals surface area (Å²) < 4.78 is 0. The molecular formula is C12H17NS. The Hall–Kier alpha value is -0.630. The fraction of sp³-hybridized carbons (Fsp3) is 0.583. The molecule has 1 aromatic heterocycles. The van der Waals surface area contributed by atoms with Gasteiger partial charge in [0, 0.05) is 29.1 Å². The summed E-state index contributed by atoms with van der Waals surface area (Å²) in [5.74, 6) is 0. The highest BCUT2D eigenvalue weighted by atomic mass is 32.1. The van der Waals surface area contributed by atoms with Crippen LogP contribution in [-0.2, 0) is 6.42 Å². The first-order valence-corrected chi connectivity index (χ1v) is 6.40. The van der Waals surface area contributed by atoms with Gasteiger partial charge in [0.15, 0.2) is 0 Å². The topological polar surface area (TPSA) is 12.4 Å². The molecule has 0 N–H and O–H groups in total. The lowest BCUT2D eigenvalue weighted by Gasteiger charge is -2.12. The highest BCUT2D eigenvalue weighted by molar-refractivity contribution is 7.10. The zero-order valence-corrected chi connectivity index (χ0v) is 9.57. The second kappa shape index (κ2) is 4.74. The van der Waals surface area contributed by atoms with Crippen molar-refractivity contribution in [1.82, 2.24) is 0 Å². The summed E-state index contributed by atoms with van der Waals surface area (Å²) in [6, 6.07) is 2.24. The molecule has 0 fully saturated rings. The number of rotatable bonds is 4. The normalized spacial score (nSPS) is 15.1. The van der Waals surface area contributed by atoms with Gasteiger partial charge in [-0.05, 0) is 24.3 Å². The third kappa shape index (κ3) is 2.06. The second-order valence-corrected chi connectivity index (χ2v) is 4.79. The lowest BCUT2D eigenvalue weighted by Crippen LogP contribution is -2.10. The maximum atomic E-state index is 4.64. The number of nitrogens with zero attached hydrogens (tertiary/aromatic N) is 1. The molecule has 0 saturated heterocycles. The first kappa shape index (κ1) is 9.91. The molecule has 0 spiro atoms. The van der Waals surface area contributed by atoms with Gasteiger partial charge in [0.25, 0.3) is 0 Å². The van der Waals surface area contributed by atoms with E-state index in [1.165, 1.54) is 37.0 Å². The highest BCUT2D eigenvalue weighted by Gasteiger charge is 2.14. The third-order valence-electron chi connectivity index (χ3n) is 2.71. The minimum atomic E-state index is 1.01. The third-order valence-corrected chi connectivity index (χ3v) is 3.70. The zero-order valence-electron chi connectivity index (χ0n) is 8.75. The van der Waals surface area contributed by atoms with Crippen molar-refractivity contribution in [3.05, 3.63) is 21.9 Å². The van der Waals surface area contributed by atoms with E-state index in [2.05, 4.69) is 23.4 Å². The summed E-state index contributed by atoms with van der Waals surface area (Å²) in [5, 5.41) is 2.20. The van der Waals surface area contributed by atoms with Crippen molar-refractivity contribution >= 4 is 17.0 Å². The molecule has 0 saturated carbocycles. The fourth-order valence-corrected chi connectivity index (χ4v) is 2.82. The average molecular weight is 207 g/mol. The molecule has 2 rings (SSSR count). The van der Waals surface area contributed by atoms with Crippen LogP contribution in [0.2, 0.25) is 0 Å². The summed E-state index contributed by atoms with van der Waals surface area (Å²) >= 11 is 1.89. The van der Waals surface area contributed by atoms with Crippen LogP contribution in [0.5, 0.6) is 0 Å². The van der Waals surface area contributed by atoms with E-state index < -0.39 is 0 Å². The van der Waals surface area contributed by atoms with Gasteiger partial charge in [-0.15, -0.1) is 11.3 Å². The predicted molar refractivity (Wildman–Crippen MR) is 63.6 cm³/mol. The number of aliphatic imine (C=N–C) groups is 1. The smallest absolute Gasteiger partial charge is 0.0441 e. The van der Waals surface area contributed by atoms with Crippen molar-refractivity contribution in [2.45, 2.75) is 39.0 Å². The van der Waals surface area contributed by atoms with Crippen molar-refractivity contribution < 1.29 is 0 Å². The van der Waals surface area contributed by atoms with Crippen LogP contribution >= 0.6 is 11.3 Å². The van der Waals surface area contributed by atoms with E-state index in [-0.39, 0.29) is 0 Å². The van der Waals surface area contributed by atoms with Crippen molar-refractivity contribution in [1.29, 1.82) is 0 Å². The molecule has 0 bridgehead atoms. The van der Waals surface area contributed by atoms with Gasteiger partial charge in [0.05, 0.1) is 0 Å². The second-order valence-electron chi connectivity index (χ2n) is 3.79. The van der Waals surface area contributed by atoms with Crippen LogP contribution in [0.25, 0.3) is 0 Å². The van der Waals surface area contributed by atoms with E-state index in [0.29, 0.717) is 0 Å². The number of unbranched alkanes of at least 4 members (excludes halogenated alkanes) is 2. The quantitative estimate of drug-likeness (QED) is 0.668. The van der Waals surface area contributed by atoms with Crippen LogP contribution in [0.1, 0.15) is 43.0 Å². The van der Waals surface area contributed by atoms with Gasteiger partial charge in [-0.2, -0.15) is 0 Å². The monoisotopic (exact) mass is 207 g/mol. The Labute approximate surface area is 89.9 Å². The van der Waals surface area contributed by atoms with E-state index in [0.717, 1.165) is 13.0 Å². The van der Waals surface area contributed by atoms with Gasteiger partial charge >= 0.3 is 0 Å². The first-order chi connectivity index (χ1) is 6.92. The number of thiophene rings is 1. The molecule has 0 unspecified atom stereocenters. The van der Waals surface area contributed by atoms with E-state index in [4.69, 9.17) is 0 Å². The van der Waals surface area contributed by atoms with Crippen molar-refractivity contribution in [2.75, 3.05) is 6.54 Å². The van der Waals surface area contributed by atoms with Crippen molar-refractivity contribution in [3.63, 3.8) is 0 Å². The van der Waals surface area contributed by atoms with Crippen LogP contribution in [0.15, 0.2) is 16.4 Å². The lowest BCUT2D eigenvalue weighted by molar-refractivity contribution is 0.738. The van der Waals surface area contributed by atoms with Gasteiger partial charge in [0.2, 0.25) is 0 Å². The highest BCUT2D eigenvalue weighted by Crippen LogP contribution is 2.24.